The molecule has 3 nitrogen and oxygen atoms in total. The van der Waals surface area contributed by atoms with Crippen molar-refractivity contribution in [3.63, 3.8) is 0 Å². The molecule has 0 radical (unpaired) electrons. The lowest BCUT2D eigenvalue weighted by Gasteiger charge is -2.03. The van der Waals surface area contributed by atoms with Crippen molar-refractivity contribution in [2.24, 2.45) is 0 Å². The largest absolute Gasteiger partial charge is 0.254 e. The molecule has 0 unspecified atom stereocenters. The van der Waals surface area contributed by atoms with Gasteiger partial charge < -0.3 is 0 Å². The maximum absolute atomic E-state index is 11.5. The zero-order valence-corrected chi connectivity index (χ0v) is 9.02. The third-order valence-corrected chi connectivity index (χ3v) is 6.20. The second kappa shape index (κ2) is 2.47. The highest BCUT2D eigenvalue weighted by Gasteiger charge is 2.34. The van der Waals surface area contributed by atoms with Crippen LogP contribution >= 0.6 is 23.3 Å². The Morgan fingerprint density at radius 2 is 2.17 bits per heavy atom. The van der Waals surface area contributed by atoms with Crippen molar-refractivity contribution in [2.45, 2.75) is 16.0 Å². The van der Waals surface area contributed by atoms with Gasteiger partial charge in [0.2, 0.25) is 0 Å². The molecule has 0 aliphatic carbocycles. The predicted octanol–water partition coefficient (Wildman–Crippen LogP) is 1.70. The van der Waals surface area contributed by atoms with Gasteiger partial charge in [-0.3, -0.25) is 0 Å². The number of fused-ring (bicyclic) bond motifs is 1. The van der Waals surface area contributed by atoms with Crippen LogP contribution in [0.4, 0.5) is 0 Å². The smallest absolute Gasteiger partial charge is 0.206 e. The van der Waals surface area contributed by atoms with Gasteiger partial charge in [0, 0.05) is 11.9 Å². The zero-order valence-electron chi connectivity index (χ0n) is 6.57. The van der Waals surface area contributed by atoms with Crippen molar-refractivity contribution in [1.29, 1.82) is 0 Å². The fourth-order valence-corrected chi connectivity index (χ4v) is 5.66. The van der Waals surface area contributed by atoms with E-state index in [0.29, 0.717) is 4.90 Å². The third-order valence-electron chi connectivity index (χ3n) is 1.62. The molecule has 0 saturated heterocycles. The van der Waals surface area contributed by atoms with Gasteiger partial charge in [-0.2, -0.15) is 0 Å². The average molecular weight is 221 g/mol. The van der Waals surface area contributed by atoms with Crippen LogP contribution in [0.1, 0.15) is 4.88 Å². The second-order valence-electron chi connectivity index (χ2n) is 2.51. The average Bonchev–Trinajstić information content (AvgIpc) is 2.38. The molecule has 0 spiro atoms. The van der Waals surface area contributed by atoms with Crippen LogP contribution in [-0.4, -0.2) is 19.2 Å². The normalized spacial score (nSPS) is 21.2. The molecule has 6 heteroatoms. The minimum absolute atomic E-state index is 0.470. The van der Waals surface area contributed by atoms with E-state index in [1.165, 1.54) is 27.0 Å². The number of hydrogen-bond acceptors (Lipinski definition) is 4. The number of nitrogens with zero attached hydrogens (tertiary/aromatic N) is 1. The van der Waals surface area contributed by atoms with E-state index < -0.39 is 10.0 Å². The molecule has 1 aliphatic rings. The molecule has 1 aliphatic heterocycles. The van der Waals surface area contributed by atoms with Crippen molar-refractivity contribution >= 4 is 33.3 Å². The summed E-state index contributed by atoms with van der Waals surface area (Å²) in [6.07, 6.45) is 0. The summed E-state index contributed by atoms with van der Waals surface area (Å²) in [5.74, 6) is 0. The van der Waals surface area contributed by atoms with Gasteiger partial charge in [0.15, 0.2) is 0 Å². The first kappa shape index (κ1) is 8.55. The van der Waals surface area contributed by atoms with Crippen molar-refractivity contribution in [3.05, 3.63) is 10.9 Å². The molecule has 2 heterocycles. The molecule has 1 aromatic rings. The Bertz CT molecular complexity index is 420. The highest BCUT2D eigenvalue weighted by molar-refractivity contribution is 8.12. The molecule has 1 aromatic heterocycles. The van der Waals surface area contributed by atoms with Gasteiger partial charge in [-0.25, -0.2) is 8.42 Å². The molecule has 0 amide bonds. The molecule has 0 saturated carbocycles. The second-order valence-corrected chi connectivity index (χ2v) is 7.34. The Hall–Kier alpha value is -0.0400. The Labute approximate surface area is 79.6 Å². The van der Waals surface area contributed by atoms with E-state index in [0.717, 1.165) is 9.09 Å². The molecule has 0 fully saturated rings. The van der Waals surface area contributed by atoms with Gasteiger partial charge in [0.1, 0.15) is 4.90 Å². The van der Waals surface area contributed by atoms with E-state index >= 15 is 0 Å². The maximum Gasteiger partial charge on any atom is 0.254 e. The fraction of sp³-hybridized carbons (Fsp3) is 0.333. The van der Waals surface area contributed by atoms with E-state index in [1.807, 2.05) is 6.92 Å². The molecule has 12 heavy (non-hydrogen) atoms. The lowest BCUT2D eigenvalue weighted by Crippen LogP contribution is -2.13. The van der Waals surface area contributed by atoms with Crippen molar-refractivity contribution < 1.29 is 8.42 Å². The summed E-state index contributed by atoms with van der Waals surface area (Å²) in [4.78, 5) is 1.52. The minimum Gasteiger partial charge on any atom is -0.206 e. The van der Waals surface area contributed by atoms with Crippen molar-refractivity contribution in [2.75, 3.05) is 7.05 Å². The van der Waals surface area contributed by atoms with Crippen LogP contribution in [0, 0.1) is 6.92 Å². The molecule has 0 atom stereocenters. The Morgan fingerprint density at radius 1 is 1.50 bits per heavy atom. The summed E-state index contributed by atoms with van der Waals surface area (Å²) in [5.41, 5.74) is 0. The number of rotatable bonds is 0. The van der Waals surface area contributed by atoms with Crippen LogP contribution in [0.25, 0.3) is 0 Å². The highest BCUT2D eigenvalue weighted by Crippen LogP contribution is 2.45. The van der Waals surface area contributed by atoms with Crippen LogP contribution in [0.2, 0.25) is 0 Å². The summed E-state index contributed by atoms with van der Waals surface area (Å²) < 4.78 is 25.2. The van der Waals surface area contributed by atoms with Gasteiger partial charge in [-0.15, -0.1) is 15.0 Å². The van der Waals surface area contributed by atoms with Gasteiger partial charge in [0.05, 0.1) is 4.21 Å². The lowest BCUT2D eigenvalue weighted by atomic mass is 10.5. The van der Waals surface area contributed by atoms with E-state index in [9.17, 15) is 8.42 Å². The summed E-state index contributed by atoms with van der Waals surface area (Å²) in [6, 6.07) is 1.73. The Balaban J connectivity index is 2.69. The zero-order chi connectivity index (χ0) is 8.93. The van der Waals surface area contributed by atoms with Crippen LogP contribution in [0.5, 0.6) is 0 Å². The van der Waals surface area contributed by atoms with Crippen LogP contribution in [0.3, 0.4) is 0 Å². The van der Waals surface area contributed by atoms with Crippen LogP contribution in [0.15, 0.2) is 15.2 Å². The molecular weight excluding hydrogens is 214 g/mol. The standard InChI is InChI=1S/C6H7NO2S3/c1-4-3-5-6(10-4)11-7(2)12(5,8)9/h3H,1-2H3. The lowest BCUT2D eigenvalue weighted by molar-refractivity contribution is 0.568. The number of thiophene rings is 1. The molecule has 2 rings (SSSR count). The summed E-state index contributed by atoms with van der Waals surface area (Å²) in [7, 11) is -1.59. The molecule has 0 N–H and O–H groups in total. The molecule has 0 bridgehead atoms. The fourth-order valence-electron chi connectivity index (χ4n) is 1.02. The van der Waals surface area contributed by atoms with Crippen molar-refractivity contribution in [1.82, 2.24) is 3.71 Å². The van der Waals surface area contributed by atoms with Gasteiger partial charge in [-0.1, -0.05) is 0 Å². The number of sulfonamides is 1. The highest BCUT2D eigenvalue weighted by atomic mass is 32.3. The molecule has 0 aromatic carbocycles. The van der Waals surface area contributed by atoms with Crippen molar-refractivity contribution in [3.8, 4) is 0 Å². The van der Waals surface area contributed by atoms with Crippen LogP contribution < -0.4 is 0 Å². The Kier molecular flexibility index (Phi) is 1.76. The summed E-state index contributed by atoms with van der Waals surface area (Å²) in [5, 5.41) is 0. The van der Waals surface area contributed by atoms with Crippen LogP contribution in [-0.2, 0) is 10.0 Å². The van der Waals surface area contributed by atoms with Gasteiger partial charge >= 0.3 is 0 Å². The quantitative estimate of drug-likeness (QED) is 0.626. The predicted molar refractivity (Wildman–Crippen MR) is 49.9 cm³/mol. The SMILES string of the molecule is Cc1cc2c(s1)SN(C)S2(=O)=O. The summed E-state index contributed by atoms with van der Waals surface area (Å²) in [6.45, 7) is 1.92. The maximum atomic E-state index is 11.5. The molecular formula is C6H7NO2S3. The van der Waals surface area contributed by atoms with E-state index in [4.69, 9.17) is 0 Å². The van der Waals surface area contributed by atoms with Gasteiger partial charge in [0.25, 0.3) is 10.0 Å². The first-order valence-corrected chi connectivity index (χ1v) is 6.32. The topological polar surface area (TPSA) is 37.4 Å². The van der Waals surface area contributed by atoms with E-state index in [2.05, 4.69) is 0 Å². The Morgan fingerprint density at radius 3 is 2.75 bits per heavy atom. The number of hydrogen-bond donors (Lipinski definition) is 0. The minimum atomic E-state index is -3.16. The first-order valence-electron chi connectivity index (χ1n) is 3.29. The number of aryl methyl sites for hydroxylation is 1. The molecule has 66 valence electrons. The van der Waals surface area contributed by atoms with Gasteiger partial charge in [-0.05, 0) is 24.9 Å². The van der Waals surface area contributed by atoms with E-state index in [1.54, 1.807) is 13.1 Å². The van der Waals surface area contributed by atoms with E-state index in [-0.39, 0.29) is 0 Å². The first-order chi connectivity index (χ1) is 5.51. The third kappa shape index (κ3) is 1.02. The summed E-state index contributed by atoms with van der Waals surface area (Å²) >= 11 is 2.81. The monoisotopic (exact) mass is 221 g/mol.